The Kier molecular flexibility index (Phi) is 4.49. The minimum Gasteiger partial charge on any atom is -0.465 e. The summed E-state index contributed by atoms with van der Waals surface area (Å²) in [5, 5.41) is 12.0. The number of pyridine rings is 1. The number of amides is 3. The van der Waals surface area contributed by atoms with Gasteiger partial charge in [-0.3, -0.25) is 15.2 Å². The van der Waals surface area contributed by atoms with Crippen LogP contribution in [0.25, 0.3) is 0 Å². The Hall–Kier alpha value is -3.63. The number of piperazine rings is 1. The maximum atomic E-state index is 13.1. The van der Waals surface area contributed by atoms with Crippen molar-refractivity contribution in [3.05, 3.63) is 30.7 Å². The van der Waals surface area contributed by atoms with E-state index >= 15 is 0 Å². The molecule has 2 aromatic heterocycles. The van der Waals surface area contributed by atoms with Crippen molar-refractivity contribution < 1.29 is 14.7 Å². The number of rotatable bonds is 2. The normalized spacial score (nSPS) is 20.2. The summed E-state index contributed by atoms with van der Waals surface area (Å²) in [6.45, 7) is 3.65. The molecule has 5 heterocycles. The zero-order chi connectivity index (χ0) is 20.7. The highest BCUT2D eigenvalue weighted by Gasteiger charge is 2.40. The maximum Gasteiger partial charge on any atom is 0.407 e. The van der Waals surface area contributed by atoms with Crippen LogP contribution < -0.4 is 20.0 Å². The van der Waals surface area contributed by atoms with Gasteiger partial charge in [0.25, 0.3) is 0 Å². The number of hydrogen-bond acceptors (Lipinski definition) is 7. The summed E-state index contributed by atoms with van der Waals surface area (Å²) >= 11 is 0. The second-order valence-corrected chi connectivity index (χ2v) is 7.55. The third-order valence-electron chi connectivity index (χ3n) is 5.83. The van der Waals surface area contributed by atoms with Crippen molar-refractivity contribution in [2.75, 3.05) is 59.3 Å². The number of aromatic nitrogens is 3. The van der Waals surface area contributed by atoms with Crippen LogP contribution in [0.2, 0.25) is 0 Å². The highest BCUT2D eigenvalue weighted by atomic mass is 16.4. The average Bonchev–Trinajstić information content (AvgIpc) is 3.18. The lowest BCUT2D eigenvalue weighted by Crippen LogP contribution is -2.50. The van der Waals surface area contributed by atoms with Crippen LogP contribution in [0.4, 0.5) is 32.7 Å². The Morgan fingerprint density at radius 2 is 1.90 bits per heavy atom. The first kappa shape index (κ1) is 18.4. The summed E-state index contributed by atoms with van der Waals surface area (Å²) in [4.78, 5) is 44.7. The van der Waals surface area contributed by atoms with E-state index < -0.39 is 6.09 Å². The first-order valence-electron chi connectivity index (χ1n) is 9.95. The molecule has 0 aliphatic carbocycles. The lowest BCUT2D eigenvalue weighted by atomic mass is 10.2. The van der Waals surface area contributed by atoms with E-state index in [2.05, 4.69) is 25.1 Å². The molecule has 2 N–H and O–H groups in total. The second kappa shape index (κ2) is 7.32. The third kappa shape index (κ3) is 3.21. The van der Waals surface area contributed by atoms with Crippen LogP contribution >= 0.6 is 0 Å². The summed E-state index contributed by atoms with van der Waals surface area (Å²) in [7, 11) is 0. The molecule has 0 unspecified atom stereocenters. The standard InChI is InChI=1S/C19H22N8O3/c28-18(22-15-11-20-4-5-21-15)27-13-3-6-26(12-13)14-1-2-16(23-17(14)27)24-7-9-25(10-8-24)19(29)30/h1-2,4-5,11,13H,3,6-10,12H2,(H,29,30)(H,21,22,28)/t13-/m0/s1. The minimum atomic E-state index is -0.899. The lowest BCUT2D eigenvalue weighted by Gasteiger charge is -2.38. The van der Waals surface area contributed by atoms with E-state index in [0.29, 0.717) is 37.8 Å². The molecule has 2 aromatic rings. The van der Waals surface area contributed by atoms with E-state index in [9.17, 15) is 9.59 Å². The Balaban J connectivity index is 1.42. The summed E-state index contributed by atoms with van der Waals surface area (Å²) < 4.78 is 0. The fourth-order valence-corrected chi connectivity index (χ4v) is 4.30. The van der Waals surface area contributed by atoms with Crippen molar-refractivity contribution >= 4 is 35.3 Å². The van der Waals surface area contributed by atoms with Crippen LogP contribution in [-0.4, -0.2) is 82.4 Å². The van der Waals surface area contributed by atoms with Gasteiger partial charge in [0.2, 0.25) is 0 Å². The first-order chi connectivity index (χ1) is 14.6. The van der Waals surface area contributed by atoms with Crippen LogP contribution in [0, 0.1) is 0 Å². The van der Waals surface area contributed by atoms with E-state index in [1.165, 1.54) is 17.3 Å². The van der Waals surface area contributed by atoms with Crippen LogP contribution in [0.5, 0.6) is 0 Å². The molecule has 0 spiro atoms. The number of carbonyl (C=O) groups is 2. The van der Waals surface area contributed by atoms with Gasteiger partial charge in [0.15, 0.2) is 11.6 Å². The Morgan fingerprint density at radius 1 is 1.07 bits per heavy atom. The van der Waals surface area contributed by atoms with Gasteiger partial charge in [-0.25, -0.2) is 19.6 Å². The van der Waals surface area contributed by atoms with Gasteiger partial charge in [-0.15, -0.1) is 0 Å². The fourth-order valence-electron chi connectivity index (χ4n) is 4.30. The van der Waals surface area contributed by atoms with Gasteiger partial charge in [-0.1, -0.05) is 0 Å². The van der Waals surface area contributed by atoms with Crippen molar-refractivity contribution in [2.24, 2.45) is 0 Å². The highest BCUT2D eigenvalue weighted by molar-refractivity contribution is 6.04. The number of anilines is 4. The number of hydrogen-bond donors (Lipinski definition) is 2. The van der Waals surface area contributed by atoms with Gasteiger partial charge in [0, 0.05) is 51.7 Å². The quantitative estimate of drug-likeness (QED) is 0.761. The summed E-state index contributed by atoms with van der Waals surface area (Å²) in [6.07, 6.45) is 4.57. The SMILES string of the molecule is O=C(O)N1CCN(c2ccc3c(n2)N(C(=O)Nc2cnccn2)[C@H]2CCN3C2)CC1. The third-order valence-corrected chi connectivity index (χ3v) is 5.83. The number of carboxylic acid groups (broad SMARTS) is 1. The molecule has 3 aliphatic rings. The zero-order valence-corrected chi connectivity index (χ0v) is 16.3. The molecule has 3 aliphatic heterocycles. The lowest BCUT2D eigenvalue weighted by molar-refractivity contribution is 0.142. The largest absolute Gasteiger partial charge is 0.465 e. The fraction of sp³-hybridized carbons (Fsp3) is 0.421. The predicted molar refractivity (Wildman–Crippen MR) is 110 cm³/mol. The number of urea groups is 1. The molecule has 0 aromatic carbocycles. The summed E-state index contributed by atoms with van der Waals surface area (Å²) in [6, 6.07) is 3.72. The number of nitrogens with zero attached hydrogens (tertiary/aromatic N) is 7. The monoisotopic (exact) mass is 410 g/mol. The summed E-state index contributed by atoms with van der Waals surface area (Å²) in [5.74, 6) is 1.77. The van der Waals surface area contributed by atoms with Gasteiger partial charge in [-0.05, 0) is 18.6 Å². The molecule has 0 radical (unpaired) electrons. The highest BCUT2D eigenvalue weighted by Crippen LogP contribution is 2.40. The minimum absolute atomic E-state index is 0.0424. The van der Waals surface area contributed by atoms with Crippen molar-refractivity contribution in [3.63, 3.8) is 0 Å². The molecular formula is C19H22N8O3. The van der Waals surface area contributed by atoms with Crippen molar-refractivity contribution in [1.82, 2.24) is 19.9 Å². The number of fused-ring (bicyclic) bond motifs is 4. The predicted octanol–water partition coefficient (Wildman–Crippen LogP) is 1.30. The molecule has 2 bridgehead atoms. The van der Waals surface area contributed by atoms with Gasteiger partial charge in [0.1, 0.15) is 5.82 Å². The molecule has 5 rings (SSSR count). The molecule has 11 heteroatoms. The van der Waals surface area contributed by atoms with Crippen molar-refractivity contribution in [2.45, 2.75) is 12.5 Å². The maximum absolute atomic E-state index is 13.1. The van der Waals surface area contributed by atoms with E-state index in [4.69, 9.17) is 10.1 Å². The molecule has 30 heavy (non-hydrogen) atoms. The molecule has 3 amide bonds. The van der Waals surface area contributed by atoms with Gasteiger partial charge >= 0.3 is 12.1 Å². The Morgan fingerprint density at radius 3 is 2.63 bits per heavy atom. The smallest absolute Gasteiger partial charge is 0.407 e. The molecule has 2 fully saturated rings. The molecule has 11 nitrogen and oxygen atoms in total. The van der Waals surface area contributed by atoms with E-state index in [-0.39, 0.29) is 12.1 Å². The molecule has 1 atom stereocenters. The second-order valence-electron chi connectivity index (χ2n) is 7.55. The van der Waals surface area contributed by atoms with Crippen molar-refractivity contribution in [1.29, 1.82) is 0 Å². The Bertz CT molecular complexity index is 964. The van der Waals surface area contributed by atoms with Crippen LogP contribution in [0.3, 0.4) is 0 Å². The first-order valence-corrected chi connectivity index (χ1v) is 9.95. The molecular weight excluding hydrogens is 388 g/mol. The van der Waals surface area contributed by atoms with Crippen LogP contribution in [-0.2, 0) is 0 Å². The van der Waals surface area contributed by atoms with Gasteiger partial charge < -0.3 is 19.8 Å². The number of nitrogens with one attached hydrogen (secondary N) is 1. The molecule has 156 valence electrons. The van der Waals surface area contributed by atoms with Crippen LogP contribution in [0.15, 0.2) is 30.7 Å². The van der Waals surface area contributed by atoms with E-state index in [1.54, 1.807) is 11.1 Å². The van der Waals surface area contributed by atoms with Gasteiger partial charge in [-0.2, -0.15) is 0 Å². The zero-order valence-electron chi connectivity index (χ0n) is 16.3. The van der Waals surface area contributed by atoms with Crippen molar-refractivity contribution in [3.8, 4) is 0 Å². The van der Waals surface area contributed by atoms with Gasteiger partial charge in [0.05, 0.1) is 17.9 Å². The topological polar surface area (TPSA) is 118 Å². The molecule has 0 saturated carbocycles. The average molecular weight is 410 g/mol. The molecule has 2 saturated heterocycles. The Labute approximate surface area is 172 Å². The van der Waals surface area contributed by atoms with Crippen LogP contribution in [0.1, 0.15) is 6.42 Å². The van der Waals surface area contributed by atoms with E-state index in [1.807, 2.05) is 12.1 Å². The van der Waals surface area contributed by atoms with E-state index in [0.717, 1.165) is 31.0 Å². The summed E-state index contributed by atoms with van der Waals surface area (Å²) in [5.41, 5.74) is 0.936. The number of carbonyl (C=O) groups excluding carboxylic acids is 1.